The minimum atomic E-state index is 0.0890. The molecule has 1 rings (SSSR count). The summed E-state index contributed by atoms with van der Waals surface area (Å²) in [5.74, 6) is 0.569. The third kappa shape index (κ3) is 3.33. The maximum atomic E-state index is 12.2. The molecule has 1 aromatic heterocycles. The van der Waals surface area contributed by atoms with Crippen molar-refractivity contribution in [2.45, 2.75) is 33.7 Å². The molecule has 0 aliphatic rings. The Hall–Kier alpha value is -1.38. The van der Waals surface area contributed by atoms with Crippen LogP contribution in [0.25, 0.3) is 0 Å². The fraction of sp³-hybridized carbons (Fsp3) is 0.538. The SMILES string of the molecule is CC(C)CN(C(=O)c1ccncc1)C(C)C. The number of aromatic nitrogens is 1. The van der Waals surface area contributed by atoms with Crippen molar-refractivity contribution in [1.29, 1.82) is 0 Å². The summed E-state index contributed by atoms with van der Waals surface area (Å²) < 4.78 is 0. The lowest BCUT2D eigenvalue weighted by Crippen LogP contribution is -2.39. The quantitative estimate of drug-likeness (QED) is 0.781. The Morgan fingerprint density at radius 1 is 1.25 bits per heavy atom. The fourth-order valence-corrected chi connectivity index (χ4v) is 1.58. The monoisotopic (exact) mass is 220 g/mol. The molecule has 0 aromatic carbocycles. The molecular formula is C13H20N2O. The number of nitrogens with zero attached hydrogens (tertiary/aromatic N) is 2. The minimum absolute atomic E-state index is 0.0890. The van der Waals surface area contributed by atoms with Crippen molar-refractivity contribution in [2.75, 3.05) is 6.54 Å². The van der Waals surface area contributed by atoms with E-state index in [1.165, 1.54) is 0 Å². The van der Waals surface area contributed by atoms with E-state index in [0.717, 1.165) is 6.54 Å². The van der Waals surface area contributed by atoms with Crippen LogP contribution in [0.4, 0.5) is 0 Å². The topological polar surface area (TPSA) is 33.2 Å². The van der Waals surface area contributed by atoms with E-state index in [1.807, 2.05) is 18.7 Å². The zero-order valence-corrected chi connectivity index (χ0v) is 10.5. The van der Waals surface area contributed by atoms with Crippen LogP contribution in [0.2, 0.25) is 0 Å². The normalized spacial score (nSPS) is 10.9. The summed E-state index contributed by atoms with van der Waals surface area (Å²) in [5, 5.41) is 0. The van der Waals surface area contributed by atoms with Crippen LogP contribution < -0.4 is 0 Å². The van der Waals surface area contributed by atoms with E-state index in [1.54, 1.807) is 24.5 Å². The molecule has 0 fully saturated rings. The molecule has 0 unspecified atom stereocenters. The zero-order chi connectivity index (χ0) is 12.1. The molecule has 0 N–H and O–H groups in total. The van der Waals surface area contributed by atoms with Gasteiger partial charge in [-0.2, -0.15) is 0 Å². The molecule has 88 valence electrons. The van der Waals surface area contributed by atoms with Crippen molar-refractivity contribution < 1.29 is 4.79 Å². The molecule has 1 aromatic rings. The summed E-state index contributed by atoms with van der Waals surface area (Å²) in [6.07, 6.45) is 3.31. The van der Waals surface area contributed by atoms with Crippen LogP contribution in [-0.4, -0.2) is 28.4 Å². The highest BCUT2D eigenvalue weighted by atomic mass is 16.2. The van der Waals surface area contributed by atoms with Gasteiger partial charge in [-0.05, 0) is 31.9 Å². The Balaban J connectivity index is 2.83. The first-order valence-corrected chi connectivity index (χ1v) is 5.73. The van der Waals surface area contributed by atoms with E-state index in [0.29, 0.717) is 11.5 Å². The molecule has 0 radical (unpaired) electrons. The summed E-state index contributed by atoms with van der Waals surface area (Å²) in [6, 6.07) is 3.75. The molecule has 16 heavy (non-hydrogen) atoms. The Labute approximate surface area is 97.5 Å². The smallest absolute Gasteiger partial charge is 0.254 e. The summed E-state index contributed by atoms with van der Waals surface area (Å²) in [7, 11) is 0. The molecule has 1 amide bonds. The fourth-order valence-electron chi connectivity index (χ4n) is 1.58. The third-order valence-corrected chi connectivity index (χ3v) is 2.37. The predicted molar refractivity (Wildman–Crippen MR) is 65.2 cm³/mol. The second-order valence-corrected chi connectivity index (χ2v) is 4.68. The third-order valence-electron chi connectivity index (χ3n) is 2.37. The lowest BCUT2D eigenvalue weighted by Gasteiger charge is -2.28. The van der Waals surface area contributed by atoms with Gasteiger partial charge < -0.3 is 4.90 Å². The van der Waals surface area contributed by atoms with Gasteiger partial charge in [-0.1, -0.05) is 13.8 Å². The van der Waals surface area contributed by atoms with Crippen molar-refractivity contribution in [3.8, 4) is 0 Å². The van der Waals surface area contributed by atoms with Gasteiger partial charge in [0.05, 0.1) is 0 Å². The van der Waals surface area contributed by atoms with Crippen LogP contribution >= 0.6 is 0 Å². The standard InChI is InChI=1S/C13H20N2O/c1-10(2)9-15(11(3)4)13(16)12-5-7-14-8-6-12/h5-8,10-11H,9H2,1-4H3. The average Bonchev–Trinajstić information content (AvgIpc) is 2.25. The number of hydrogen-bond donors (Lipinski definition) is 0. The summed E-state index contributed by atoms with van der Waals surface area (Å²) in [6.45, 7) is 9.12. The molecule has 3 heteroatoms. The van der Waals surface area contributed by atoms with Gasteiger partial charge in [0.2, 0.25) is 0 Å². The van der Waals surface area contributed by atoms with E-state index < -0.39 is 0 Å². The molecule has 1 heterocycles. The Bertz CT molecular complexity index is 333. The van der Waals surface area contributed by atoms with E-state index in [2.05, 4.69) is 18.8 Å². The van der Waals surface area contributed by atoms with Crippen molar-refractivity contribution >= 4 is 5.91 Å². The van der Waals surface area contributed by atoms with Crippen LogP contribution in [-0.2, 0) is 0 Å². The first kappa shape index (κ1) is 12.7. The number of hydrogen-bond acceptors (Lipinski definition) is 2. The second kappa shape index (κ2) is 5.64. The van der Waals surface area contributed by atoms with Crippen LogP contribution in [0.15, 0.2) is 24.5 Å². The first-order valence-electron chi connectivity index (χ1n) is 5.73. The molecular weight excluding hydrogens is 200 g/mol. The number of carbonyl (C=O) groups excluding carboxylic acids is 1. The van der Waals surface area contributed by atoms with Crippen LogP contribution in [0.1, 0.15) is 38.1 Å². The van der Waals surface area contributed by atoms with Gasteiger partial charge in [0.1, 0.15) is 0 Å². The minimum Gasteiger partial charge on any atom is -0.336 e. The molecule has 0 spiro atoms. The van der Waals surface area contributed by atoms with Crippen molar-refractivity contribution in [3.63, 3.8) is 0 Å². The largest absolute Gasteiger partial charge is 0.336 e. The predicted octanol–water partition coefficient (Wildman–Crippen LogP) is 2.59. The number of rotatable bonds is 4. The van der Waals surface area contributed by atoms with Crippen LogP contribution in [0, 0.1) is 5.92 Å². The molecule has 0 saturated carbocycles. The average molecular weight is 220 g/mol. The van der Waals surface area contributed by atoms with Gasteiger partial charge in [-0.15, -0.1) is 0 Å². The van der Waals surface area contributed by atoms with Crippen LogP contribution in [0.3, 0.4) is 0 Å². The van der Waals surface area contributed by atoms with Gasteiger partial charge in [0, 0.05) is 30.5 Å². The van der Waals surface area contributed by atoms with Crippen molar-refractivity contribution in [3.05, 3.63) is 30.1 Å². The maximum Gasteiger partial charge on any atom is 0.254 e. The van der Waals surface area contributed by atoms with E-state index in [9.17, 15) is 4.79 Å². The second-order valence-electron chi connectivity index (χ2n) is 4.68. The van der Waals surface area contributed by atoms with Gasteiger partial charge >= 0.3 is 0 Å². The Morgan fingerprint density at radius 3 is 2.25 bits per heavy atom. The molecule has 0 bridgehead atoms. The Kier molecular flexibility index (Phi) is 4.47. The molecule has 0 aliphatic carbocycles. The van der Waals surface area contributed by atoms with Crippen LogP contribution in [0.5, 0.6) is 0 Å². The van der Waals surface area contributed by atoms with Gasteiger partial charge in [-0.25, -0.2) is 0 Å². The van der Waals surface area contributed by atoms with E-state index in [-0.39, 0.29) is 11.9 Å². The van der Waals surface area contributed by atoms with Crippen molar-refractivity contribution in [1.82, 2.24) is 9.88 Å². The van der Waals surface area contributed by atoms with Gasteiger partial charge in [0.15, 0.2) is 0 Å². The van der Waals surface area contributed by atoms with E-state index in [4.69, 9.17) is 0 Å². The number of pyridine rings is 1. The van der Waals surface area contributed by atoms with E-state index >= 15 is 0 Å². The molecule has 0 saturated heterocycles. The first-order chi connectivity index (χ1) is 7.52. The lowest BCUT2D eigenvalue weighted by molar-refractivity contribution is 0.0682. The highest BCUT2D eigenvalue weighted by Gasteiger charge is 2.19. The lowest BCUT2D eigenvalue weighted by atomic mass is 10.1. The summed E-state index contributed by atoms with van der Waals surface area (Å²) in [5.41, 5.74) is 0.712. The molecule has 3 nitrogen and oxygen atoms in total. The zero-order valence-electron chi connectivity index (χ0n) is 10.5. The summed E-state index contributed by atoms with van der Waals surface area (Å²) in [4.78, 5) is 18.0. The summed E-state index contributed by atoms with van der Waals surface area (Å²) >= 11 is 0. The number of amides is 1. The highest BCUT2D eigenvalue weighted by Crippen LogP contribution is 2.10. The number of carbonyl (C=O) groups is 1. The maximum absolute atomic E-state index is 12.2. The molecule has 0 atom stereocenters. The highest BCUT2D eigenvalue weighted by molar-refractivity contribution is 5.94. The van der Waals surface area contributed by atoms with Gasteiger partial charge in [-0.3, -0.25) is 9.78 Å². The Morgan fingerprint density at radius 2 is 1.81 bits per heavy atom. The molecule has 0 aliphatic heterocycles. The van der Waals surface area contributed by atoms with Crippen molar-refractivity contribution in [2.24, 2.45) is 5.92 Å². The van der Waals surface area contributed by atoms with Gasteiger partial charge in [0.25, 0.3) is 5.91 Å².